The minimum absolute atomic E-state index is 0.405. The molecule has 3 rings (SSSR count). The zero-order valence-corrected chi connectivity index (χ0v) is 12.6. The maximum atomic E-state index is 11.8. The van der Waals surface area contributed by atoms with E-state index in [4.69, 9.17) is 4.74 Å². The monoisotopic (exact) mass is 315 g/mol. The molecule has 0 aliphatic carbocycles. The minimum Gasteiger partial charge on any atom is -0.465 e. The summed E-state index contributed by atoms with van der Waals surface area (Å²) < 4.78 is 6.52. The first-order chi connectivity index (χ1) is 10.2. The highest BCUT2D eigenvalue weighted by Crippen LogP contribution is 2.33. The number of benzene rings is 1. The Morgan fingerprint density at radius 3 is 3.05 bits per heavy atom. The lowest BCUT2D eigenvalue weighted by molar-refractivity contribution is 0.0597. The van der Waals surface area contributed by atoms with Gasteiger partial charge in [-0.2, -0.15) is 5.26 Å². The van der Waals surface area contributed by atoms with E-state index >= 15 is 0 Å². The molecule has 0 saturated heterocycles. The number of aromatic nitrogens is 2. The summed E-state index contributed by atoms with van der Waals surface area (Å²) in [6, 6.07) is 9.27. The lowest BCUT2D eigenvalue weighted by atomic mass is 10.2. The third-order valence-corrected chi connectivity index (χ3v) is 4.65. The van der Waals surface area contributed by atoms with Gasteiger partial charge in [0.15, 0.2) is 10.7 Å². The van der Waals surface area contributed by atoms with E-state index in [1.807, 2.05) is 23.7 Å². The number of methoxy groups -OCH3 is 1. The van der Waals surface area contributed by atoms with Crippen LogP contribution in [0.3, 0.4) is 0 Å². The zero-order chi connectivity index (χ0) is 14.8. The number of carbonyl (C=O) groups is 1. The van der Waals surface area contributed by atoms with E-state index in [9.17, 15) is 10.1 Å². The second kappa shape index (κ2) is 5.60. The van der Waals surface area contributed by atoms with Crippen LogP contribution < -0.4 is 0 Å². The summed E-state index contributed by atoms with van der Waals surface area (Å²) in [7, 11) is 1.34. The molecule has 0 saturated carbocycles. The lowest BCUT2D eigenvalue weighted by Crippen LogP contribution is -2.02. The van der Waals surface area contributed by atoms with E-state index in [1.165, 1.54) is 30.2 Å². The SMILES string of the molecule is COC(=O)c1ccccc1Sc1nc2sccn2c1C#N. The summed E-state index contributed by atoms with van der Waals surface area (Å²) >= 11 is 2.75. The standard InChI is InChI=1S/C14H9N3O2S2/c1-19-13(18)9-4-2-3-5-11(9)21-12-10(8-15)17-6-7-20-14(17)16-12/h2-7H,1H3. The third kappa shape index (κ3) is 2.39. The van der Waals surface area contributed by atoms with Crippen molar-refractivity contribution in [1.29, 1.82) is 5.26 Å². The Morgan fingerprint density at radius 1 is 1.48 bits per heavy atom. The number of hydrogen-bond acceptors (Lipinski definition) is 6. The number of esters is 1. The number of ether oxygens (including phenoxy) is 1. The van der Waals surface area contributed by atoms with Crippen molar-refractivity contribution in [2.75, 3.05) is 7.11 Å². The molecule has 0 bridgehead atoms. The van der Waals surface area contributed by atoms with Crippen molar-refractivity contribution in [3.63, 3.8) is 0 Å². The van der Waals surface area contributed by atoms with E-state index < -0.39 is 5.97 Å². The second-order valence-corrected chi connectivity index (χ2v) is 5.93. The van der Waals surface area contributed by atoms with Gasteiger partial charge in [-0.05, 0) is 12.1 Å². The van der Waals surface area contributed by atoms with Crippen molar-refractivity contribution in [3.8, 4) is 6.07 Å². The summed E-state index contributed by atoms with van der Waals surface area (Å²) in [5.74, 6) is -0.405. The molecule has 2 heterocycles. The Morgan fingerprint density at radius 2 is 2.29 bits per heavy atom. The lowest BCUT2D eigenvalue weighted by Gasteiger charge is -2.05. The van der Waals surface area contributed by atoms with Gasteiger partial charge in [-0.15, -0.1) is 11.3 Å². The van der Waals surface area contributed by atoms with Crippen molar-refractivity contribution in [1.82, 2.24) is 9.38 Å². The fraction of sp³-hybridized carbons (Fsp3) is 0.0714. The highest BCUT2D eigenvalue weighted by atomic mass is 32.2. The van der Waals surface area contributed by atoms with E-state index in [1.54, 1.807) is 16.5 Å². The van der Waals surface area contributed by atoms with E-state index in [-0.39, 0.29) is 0 Å². The van der Waals surface area contributed by atoms with Crippen molar-refractivity contribution in [2.24, 2.45) is 0 Å². The zero-order valence-electron chi connectivity index (χ0n) is 10.9. The Bertz CT molecular complexity index is 861. The largest absolute Gasteiger partial charge is 0.465 e. The number of thiazole rings is 1. The molecular formula is C14H9N3O2S2. The Balaban J connectivity index is 2.05. The predicted octanol–water partition coefficient (Wildman–Crippen LogP) is 3.21. The average Bonchev–Trinajstić information content (AvgIpc) is 3.07. The van der Waals surface area contributed by atoms with Crippen molar-refractivity contribution in [3.05, 3.63) is 47.1 Å². The molecule has 0 fully saturated rings. The summed E-state index contributed by atoms with van der Waals surface area (Å²) in [5, 5.41) is 11.8. The highest BCUT2D eigenvalue weighted by Gasteiger charge is 2.18. The molecule has 0 radical (unpaired) electrons. The maximum absolute atomic E-state index is 11.8. The molecule has 0 unspecified atom stereocenters. The van der Waals surface area contributed by atoms with Crippen LogP contribution in [0.4, 0.5) is 0 Å². The number of nitriles is 1. The second-order valence-electron chi connectivity index (χ2n) is 4.02. The van der Waals surface area contributed by atoms with E-state index in [2.05, 4.69) is 11.1 Å². The Labute approximate surface area is 128 Å². The average molecular weight is 315 g/mol. The first-order valence-electron chi connectivity index (χ1n) is 5.95. The molecule has 0 spiro atoms. The van der Waals surface area contributed by atoms with Gasteiger partial charge in [-0.25, -0.2) is 9.78 Å². The van der Waals surface area contributed by atoms with Gasteiger partial charge in [0.2, 0.25) is 0 Å². The Kier molecular flexibility index (Phi) is 3.64. The van der Waals surface area contributed by atoms with Crippen LogP contribution in [-0.4, -0.2) is 22.5 Å². The van der Waals surface area contributed by atoms with E-state index in [0.717, 1.165) is 4.96 Å². The van der Waals surface area contributed by atoms with Crippen LogP contribution in [0, 0.1) is 11.3 Å². The molecule has 7 heteroatoms. The van der Waals surface area contributed by atoms with Crippen LogP contribution in [0.2, 0.25) is 0 Å². The molecule has 0 N–H and O–H groups in total. The van der Waals surface area contributed by atoms with Gasteiger partial charge in [0.25, 0.3) is 0 Å². The Hall–Kier alpha value is -2.30. The normalized spacial score (nSPS) is 10.5. The van der Waals surface area contributed by atoms with Crippen LogP contribution in [0.15, 0.2) is 45.8 Å². The fourth-order valence-electron chi connectivity index (χ4n) is 1.88. The van der Waals surface area contributed by atoms with Crippen molar-refractivity contribution >= 4 is 34.0 Å². The van der Waals surface area contributed by atoms with Crippen LogP contribution in [0.1, 0.15) is 16.1 Å². The molecule has 0 atom stereocenters. The fourth-order valence-corrected chi connectivity index (χ4v) is 3.64. The maximum Gasteiger partial charge on any atom is 0.339 e. The van der Waals surface area contributed by atoms with Gasteiger partial charge in [-0.3, -0.25) is 4.40 Å². The topological polar surface area (TPSA) is 67.4 Å². The highest BCUT2D eigenvalue weighted by molar-refractivity contribution is 7.99. The quantitative estimate of drug-likeness (QED) is 0.694. The minimum atomic E-state index is -0.405. The van der Waals surface area contributed by atoms with Gasteiger partial charge in [-0.1, -0.05) is 23.9 Å². The van der Waals surface area contributed by atoms with Crippen LogP contribution in [0.5, 0.6) is 0 Å². The molecule has 2 aromatic heterocycles. The molecular weight excluding hydrogens is 306 g/mol. The van der Waals surface area contributed by atoms with Gasteiger partial charge >= 0.3 is 5.97 Å². The summed E-state index contributed by atoms with van der Waals surface area (Å²) in [5.41, 5.74) is 0.932. The summed E-state index contributed by atoms with van der Waals surface area (Å²) in [4.78, 5) is 17.7. The summed E-state index contributed by atoms with van der Waals surface area (Å²) in [6.45, 7) is 0. The molecule has 1 aromatic carbocycles. The van der Waals surface area contributed by atoms with Crippen LogP contribution in [-0.2, 0) is 4.74 Å². The number of fused-ring (bicyclic) bond motifs is 1. The van der Waals surface area contributed by atoms with Crippen LogP contribution in [0.25, 0.3) is 4.96 Å². The molecule has 3 aromatic rings. The van der Waals surface area contributed by atoms with Crippen molar-refractivity contribution in [2.45, 2.75) is 9.92 Å². The van der Waals surface area contributed by atoms with Gasteiger partial charge in [0.1, 0.15) is 11.1 Å². The number of carbonyl (C=O) groups excluding carboxylic acids is 1. The third-order valence-electron chi connectivity index (χ3n) is 2.84. The first kappa shape index (κ1) is 13.7. The molecule has 0 amide bonds. The van der Waals surface area contributed by atoms with Gasteiger partial charge in [0, 0.05) is 16.5 Å². The number of nitrogens with zero attached hydrogens (tertiary/aromatic N) is 3. The molecule has 0 aliphatic rings. The smallest absolute Gasteiger partial charge is 0.339 e. The first-order valence-corrected chi connectivity index (χ1v) is 7.65. The predicted molar refractivity (Wildman–Crippen MR) is 79.7 cm³/mol. The van der Waals surface area contributed by atoms with E-state index in [0.29, 0.717) is 21.2 Å². The van der Waals surface area contributed by atoms with Gasteiger partial charge in [0.05, 0.1) is 12.7 Å². The van der Waals surface area contributed by atoms with Crippen LogP contribution >= 0.6 is 23.1 Å². The van der Waals surface area contributed by atoms with Crippen molar-refractivity contribution < 1.29 is 9.53 Å². The molecule has 5 nitrogen and oxygen atoms in total. The molecule has 104 valence electrons. The van der Waals surface area contributed by atoms with Gasteiger partial charge < -0.3 is 4.74 Å². The number of hydrogen-bond donors (Lipinski definition) is 0. The number of imidazole rings is 1. The molecule has 21 heavy (non-hydrogen) atoms. The number of rotatable bonds is 3. The summed E-state index contributed by atoms with van der Waals surface area (Å²) in [6.07, 6.45) is 1.81. The molecule has 0 aliphatic heterocycles.